The number of ether oxygens (including phenoxy) is 1. The lowest BCUT2D eigenvalue weighted by atomic mass is 10.2. The SMILES string of the molecule is CCOC(=O)c1ccc(Sc2cccs2)c(N)c1. The van der Waals surface area contributed by atoms with Crippen LogP contribution < -0.4 is 5.73 Å². The first-order valence-electron chi connectivity index (χ1n) is 5.48. The fourth-order valence-corrected chi connectivity index (χ4v) is 3.17. The van der Waals surface area contributed by atoms with E-state index in [-0.39, 0.29) is 5.97 Å². The van der Waals surface area contributed by atoms with Crippen LogP contribution in [0.4, 0.5) is 5.69 Å². The molecule has 0 aliphatic rings. The summed E-state index contributed by atoms with van der Waals surface area (Å²) in [6, 6.07) is 9.29. The number of anilines is 1. The third-order valence-electron chi connectivity index (χ3n) is 2.23. The highest BCUT2D eigenvalue weighted by Gasteiger charge is 2.09. The van der Waals surface area contributed by atoms with E-state index in [1.54, 1.807) is 42.2 Å². The molecule has 0 saturated heterocycles. The smallest absolute Gasteiger partial charge is 0.338 e. The molecule has 0 fully saturated rings. The molecule has 0 aliphatic heterocycles. The van der Waals surface area contributed by atoms with Crippen molar-refractivity contribution in [3.8, 4) is 0 Å². The molecule has 2 aromatic rings. The lowest BCUT2D eigenvalue weighted by Gasteiger charge is -2.06. The molecule has 0 atom stereocenters. The van der Waals surface area contributed by atoms with Crippen molar-refractivity contribution in [1.82, 2.24) is 0 Å². The molecule has 1 heterocycles. The molecule has 0 aliphatic carbocycles. The lowest BCUT2D eigenvalue weighted by Crippen LogP contribution is -2.05. The minimum absolute atomic E-state index is 0.336. The zero-order valence-corrected chi connectivity index (χ0v) is 11.5. The van der Waals surface area contributed by atoms with Gasteiger partial charge in [0.15, 0.2) is 0 Å². The Bertz CT molecular complexity index is 538. The Kier molecular flexibility index (Phi) is 4.28. The van der Waals surface area contributed by atoms with E-state index in [2.05, 4.69) is 0 Å². The second kappa shape index (κ2) is 5.93. The van der Waals surface area contributed by atoms with Crippen LogP contribution >= 0.6 is 23.1 Å². The van der Waals surface area contributed by atoms with Crippen LogP contribution in [-0.4, -0.2) is 12.6 Å². The minimum atomic E-state index is -0.336. The summed E-state index contributed by atoms with van der Waals surface area (Å²) >= 11 is 3.26. The summed E-state index contributed by atoms with van der Waals surface area (Å²) in [5.41, 5.74) is 7.03. The van der Waals surface area contributed by atoms with Crippen LogP contribution in [0.25, 0.3) is 0 Å². The van der Waals surface area contributed by atoms with Gasteiger partial charge in [0.1, 0.15) is 0 Å². The largest absolute Gasteiger partial charge is 0.462 e. The zero-order chi connectivity index (χ0) is 13.0. The van der Waals surface area contributed by atoms with Crippen molar-refractivity contribution < 1.29 is 9.53 Å². The van der Waals surface area contributed by atoms with Gasteiger partial charge in [-0.15, -0.1) is 11.3 Å². The predicted molar refractivity (Wildman–Crippen MR) is 75.3 cm³/mol. The standard InChI is InChI=1S/C13H13NO2S2/c1-2-16-13(15)9-5-6-11(10(14)8-9)18-12-4-3-7-17-12/h3-8H,2,14H2,1H3. The van der Waals surface area contributed by atoms with Crippen molar-refractivity contribution in [3.63, 3.8) is 0 Å². The topological polar surface area (TPSA) is 52.3 Å². The Morgan fingerprint density at radius 1 is 1.44 bits per heavy atom. The maximum atomic E-state index is 11.5. The Morgan fingerprint density at radius 3 is 2.89 bits per heavy atom. The minimum Gasteiger partial charge on any atom is -0.462 e. The van der Waals surface area contributed by atoms with Crippen LogP contribution in [0.15, 0.2) is 44.8 Å². The van der Waals surface area contributed by atoms with E-state index in [0.717, 1.165) is 4.90 Å². The quantitative estimate of drug-likeness (QED) is 0.685. The average Bonchev–Trinajstić information content (AvgIpc) is 2.85. The summed E-state index contributed by atoms with van der Waals surface area (Å²) in [6.07, 6.45) is 0. The van der Waals surface area contributed by atoms with E-state index in [4.69, 9.17) is 10.5 Å². The maximum Gasteiger partial charge on any atom is 0.338 e. The van der Waals surface area contributed by atoms with Gasteiger partial charge in [0.05, 0.1) is 16.4 Å². The molecule has 0 spiro atoms. The van der Waals surface area contributed by atoms with E-state index < -0.39 is 0 Å². The molecule has 3 nitrogen and oxygen atoms in total. The molecule has 18 heavy (non-hydrogen) atoms. The number of hydrogen-bond donors (Lipinski definition) is 1. The highest BCUT2D eigenvalue weighted by molar-refractivity contribution is 8.01. The van der Waals surface area contributed by atoms with E-state index in [9.17, 15) is 4.79 Å². The first kappa shape index (κ1) is 13.0. The first-order valence-corrected chi connectivity index (χ1v) is 7.18. The number of hydrogen-bond acceptors (Lipinski definition) is 5. The van der Waals surface area contributed by atoms with Crippen molar-refractivity contribution >= 4 is 34.8 Å². The van der Waals surface area contributed by atoms with Crippen LogP contribution in [0.5, 0.6) is 0 Å². The molecular weight excluding hydrogens is 266 g/mol. The summed E-state index contributed by atoms with van der Waals surface area (Å²) in [7, 11) is 0. The highest BCUT2D eigenvalue weighted by atomic mass is 32.2. The van der Waals surface area contributed by atoms with Crippen LogP contribution in [-0.2, 0) is 4.74 Å². The van der Waals surface area contributed by atoms with Gasteiger partial charge < -0.3 is 10.5 Å². The number of carbonyl (C=O) groups excluding carboxylic acids is 1. The molecule has 0 unspecified atom stereocenters. The Morgan fingerprint density at radius 2 is 2.28 bits per heavy atom. The zero-order valence-electron chi connectivity index (χ0n) is 9.88. The number of nitrogens with two attached hydrogens (primary N) is 1. The van der Waals surface area contributed by atoms with Crippen molar-refractivity contribution in [3.05, 3.63) is 41.3 Å². The fraction of sp³-hybridized carbons (Fsp3) is 0.154. The molecule has 5 heteroatoms. The second-order valence-corrected chi connectivity index (χ2v) is 5.80. The van der Waals surface area contributed by atoms with Gasteiger partial charge in [-0.05, 0) is 36.6 Å². The normalized spacial score (nSPS) is 10.3. The van der Waals surface area contributed by atoms with Gasteiger partial charge in [0, 0.05) is 10.6 Å². The van der Waals surface area contributed by atoms with Crippen LogP contribution in [0.2, 0.25) is 0 Å². The number of benzene rings is 1. The average molecular weight is 279 g/mol. The van der Waals surface area contributed by atoms with Gasteiger partial charge in [-0.3, -0.25) is 0 Å². The van der Waals surface area contributed by atoms with E-state index in [1.807, 2.05) is 23.6 Å². The fourth-order valence-electron chi connectivity index (χ4n) is 1.41. The molecular formula is C13H13NO2S2. The molecule has 0 radical (unpaired) electrons. The lowest BCUT2D eigenvalue weighted by molar-refractivity contribution is 0.0526. The maximum absolute atomic E-state index is 11.5. The molecule has 94 valence electrons. The molecule has 1 aromatic carbocycles. The summed E-state index contributed by atoms with van der Waals surface area (Å²) in [5, 5.41) is 2.02. The van der Waals surface area contributed by atoms with E-state index in [1.165, 1.54) is 4.21 Å². The summed E-state index contributed by atoms with van der Waals surface area (Å²) in [6.45, 7) is 2.15. The third kappa shape index (κ3) is 3.05. The van der Waals surface area contributed by atoms with Crippen molar-refractivity contribution in [2.75, 3.05) is 12.3 Å². The summed E-state index contributed by atoms with van der Waals surface area (Å²) in [4.78, 5) is 12.5. The van der Waals surface area contributed by atoms with Crippen molar-refractivity contribution in [2.45, 2.75) is 16.0 Å². The molecule has 0 bridgehead atoms. The number of carbonyl (C=O) groups is 1. The predicted octanol–water partition coefficient (Wildman–Crippen LogP) is 3.66. The first-order chi connectivity index (χ1) is 8.70. The molecule has 2 N–H and O–H groups in total. The van der Waals surface area contributed by atoms with Crippen LogP contribution in [0.3, 0.4) is 0 Å². The molecule has 2 rings (SSSR count). The number of nitrogen functional groups attached to an aromatic ring is 1. The highest BCUT2D eigenvalue weighted by Crippen LogP contribution is 2.35. The third-order valence-corrected chi connectivity index (χ3v) is 4.36. The van der Waals surface area contributed by atoms with Gasteiger partial charge in [0.2, 0.25) is 0 Å². The van der Waals surface area contributed by atoms with Gasteiger partial charge in [-0.1, -0.05) is 17.8 Å². The van der Waals surface area contributed by atoms with Gasteiger partial charge >= 0.3 is 5.97 Å². The number of rotatable bonds is 4. The molecule has 0 saturated carbocycles. The van der Waals surface area contributed by atoms with Crippen LogP contribution in [0.1, 0.15) is 17.3 Å². The molecule has 1 aromatic heterocycles. The van der Waals surface area contributed by atoms with Crippen LogP contribution in [0, 0.1) is 0 Å². The second-order valence-electron chi connectivity index (χ2n) is 3.51. The summed E-state index contributed by atoms with van der Waals surface area (Å²) < 4.78 is 6.10. The summed E-state index contributed by atoms with van der Waals surface area (Å²) in [5.74, 6) is -0.336. The monoisotopic (exact) mass is 279 g/mol. The Labute approximate surface area is 114 Å². The van der Waals surface area contributed by atoms with Gasteiger partial charge in [-0.2, -0.15) is 0 Å². The van der Waals surface area contributed by atoms with Gasteiger partial charge in [-0.25, -0.2) is 4.79 Å². The Hall–Kier alpha value is -1.46. The van der Waals surface area contributed by atoms with E-state index in [0.29, 0.717) is 17.9 Å². The van der Waals surface area contributed by atoms with Crippen molar-refractivity contribution in [2.24, 2.45) is 0 Å². The molecule has 0 amide bonds. The number of thiophene rings is 1. The van der Waals surface area contributed by atoms with E-state index >= 15 is 0 Å². The number of esters is 1. The van der Waals surface area contributed by atoms with Crippen molar-refractivity contribution in [1.29, 1.82) is 0 Å². The Balaban J connectivity index is 2.17. The van der Waals surface area contributed by atoms with Gasteiger partial charge in [0.25, 0.3) is 0 Å².